The number of anilines is 1. The lowest BCUT2D eigenvalue weighted by Gasteiger charge is -2.21. The largest absolute Gasteiger partial charge is 0.394 e. The first-order valence-corrected chi connectivity index (χ1v) is 16.2. The Morgan fingerprint density at radius 2 is 1.37 bits per heavy atom. The van der Waals surface area contributed by atoms with E-state index in [0.717, 1.165) is 63.1 Å². The Kier molecular flexibility index (Phi) is 16.5. The van der Waals surface area contributed by atoms with Gasteiger partial charge in [-0.15, -0.1) is 0 Å². The van der Waals surface area contributed by atoms with Crippen LogP contribution in [0.3, 0.4) is 0 Å². The highest BCUT2D eigenvalue weighted by molar-refractivity contribution is 5.89. The number of alkyl halides is 2. The lowest BCUT2D eigenvalue weighted by molar-refractivity contribution is -0.141. The van der Waals surface area contributed by atoms with Crippen molar-refractivity contribution in [2.45, 2.75) is 130 Å². The van der Waals surface area contributed by atoms with Crippen molar-refractivity contribution in [3.63, 3.8) is 0 Å². The molecule has 256 valence electrons. The highest BCUT2D eigenvalue weighted by atomic mass is 19.3. The first kappa shape index (κ1) is 39.0. The van der Waals surface area contributed by atoms with E-state index in [2.05, 4.69) is 75.3 Å². The smallest absolute Gasteiger partial charge is 0.351 e. The first-order chi connectivity index (χ1) is 21.7. The molecule has 3 N–H and O–H groups in total. The van der Waals surface area contributed by atoms with Gasteiger partial charge in [0.1, 0.15) is 11.9 Å². The summed E-state index contributed by atoms with van der Waals surface area (Å²) in [6, 6.07) is 1.21. The number of unbranched alkanes of at least 4 members (excludes halogenated alkanes) is 1. The summed E-state index contributed by atoms with van der Waals surface area (Å²) < 4.78 is 34.2. The highest BCUT2D eigenvalue weighted by Crippen LogP contribution is 2.42. The zero-order valence-electron chi connectivity index (χ0n) is 28.3. The van der Waals surface area contributed by atoms with E-state index in [9.17, 15) is 23.5 Å². The molecule has 1 aromatic rings. The van der Waals surface area contributed by atoms with Gasteiger partial charge in [0.15, 0.2) is 6.10 Å². The van der Waals surface area contributed by atoms with Crippen molar-refractivity contribution in [1.82, 2.24) is 9.55 Å². The molecule has 0 bridgehead atoms. The molecule has 0 spiro atoms. The van der Waals surface area contributed by atoms with Crippen LogP contribution in [-0.2, 0) is 9.53 Å². The van der Waals surface area contributed by atoms with Crippen LogP contribution in [0, 0.1) is 0 Å². The van der Waals surface area contributed by atoms with Gasteiger partial charge in [-0.3, -0.25) is 9.36 Å². The first-order valence-electron chi connectivity index (χ1n) is 16.2. The highest BCUT2D eigenvalue weighted by Gasteiger charge is 2.59. The zero-order valence-corrected chi connectivity index (χ0v) is 28.3. The maximum atomic E-state index is 14.4. The number of aliphatic hydroxyl groups is 2. The van der Waals surface area contributed by atoms with E-state index in [1.54, 1.807) is 0 Å². The predicted octanol–water partition coefficient (Wildman–Crippen LogP) is 7.72. The van der Waals surface area contributed by atoms with Crippen molar-refractivity contribution in [2.24, 2.45) is 0 Å². The van der Waals surface area contributed by atoms with Crippen molar-refractivity contribution < 1.29 is 28.5 Å². The predicted molar refractivity (Wildman–Crippen MR) is 180 cm³/mol. The van der Waals surface area contributed by atoms with Crippen LogP contribution < -0.4 is 11.0 Å². The number of hydrogen-bond donors (Lipinski definition) is 3. The van der Waals surface area contributed by atoms with E-state index >= 15 is 0 Å². The Morgan fingerprint density at radius 1 is 0.870 bits per heavy atom. The number of aromatic nitrogens is 2. The second-order valence-electron chi connectivity index (χ2n) is 12.6. The van der Waals surface area contributed by atoms with E-state index in [-0.39, 0.29) is 18.1 Å². The molecule has 3 atom stereocenters. The molecular weight excluding hydrogens is 592 g/mol. The maximum Gasteiger partial charge on any atom is 0.351 e. The fourth-order valence-corrected chi connectivity index (χ4v) is 5.04. The molecule has 2 rings (SSSR count). The molecule has 46 heavy (non-hydrogen) atoms. The summed E-state index contributed by atoms with van der Waals surface area (Å²) in [6.45, 7) is 12.0. The SMILES string of the molecule is CC(C)=CCC/C(C)=C/CC/C(C)=C/CC/C=C(/C)CC/C=C(\C)CCC(=O)Nc1ccn([C@@H]2O[C@H](CO)[C@@H](O)C2(F)F)c(=O)n1. The van der Waals surface area contributed by atoms with E-state index in [4.69, 9.17) is 9.84 Å². The topological polar surface area (TPSA) is 114 Å². The second kappa shape index (κ2) is 19.5. The monoisotopic (exact) mass is 645 g/mol. The van der Waals surface area contributed by atoms with Crippen LogP contribution in [0.5, 0.6) is 0 Å². The van der Waals surface area contributed by atoms with Gasteiger partial charge < -0.3 is 20.3 Å². The minimum absolute atomic E-state index is 0.0723. The van der Waals surface area contributed by atoms with Crippen LogP contribution in [0.1, 0.15) is 112 Å². The van der Waals surface area contributed by atoms with Gasteiger partial charge in [0.2, 0.25) is 12.1 Å². The molecule has 0 radical (unpaired) electrons. The van der Waals surface area contributed by atoms with Gasteiger partial charge in [-0.2, -0.15) is 13.8 Å². The zero-order chi connectivity index (χ0) is 34.3. The molecule has 1 aromatic heterocycles. The van der Waals surface area contributed by atoms with Crippen LogP contribution in [-0.4, -0.2) is 50.4 Å². The Hall–Kier alpha value is -3.21. The molecule has 0 saturated carbocycles. The number of aliphatic hydroxyl groups excluding tert-OH is 2. The summed E-state index contributed by atoms with van der Waals surface area (Å²) in [5.41, 5.74) is 5.60. The third-order valence-corrected chi connectivity index (χ3v) is 7.96. The fourth-order valence-electron chi connectivity index (χ4n) is 5.04. The average molecular weight is 646 g/mol. The molecule has 1 saturated heterocycles. The quantitative estimate of drug-likeness (QED) is 0.111. The molecule has 2 heterocycles. The lowest BCUT2D eigenvalue weighted by Crippen LogP contribution is -2.41. The van der Waals surface area contributed by atoms with Gasteiger partial charge in [-0.05, 0) is 105 Å². The van der Waals surface area contributed by atoms with Gasteiger partial charge in [0.05, 0.1) is 6.61 Å². The number of ether oxygens (including phenoxy) is 1. The summed E-state index contributed by atoms with van der Waals surface area (Å²) in [5.74, 6) is -4.24. The standard InChI is InChI=1S/C36H53F2N3O5/c1-25(2)12-9-15-28(5)18-10-16-26(3)13-7-8-14-27(4)17-11-19-29(6)20-21-32(43)39-31-22-23-41(35(45)40-31)34-36(37,38)33(44)30(24-42)46-34/h12-14,18-19,22-23,30,33-34,42,44H,7-11,15-17,20-21,24H2,1-6H3,(H,39,40,43,45)/b26-13+,27-14-,28-18+,29-19+/t30-,33-,34-/m1/s1. The van der Waals surface area contributed by atoms with Crippen molar-refractivity contribution >= 4 is 11.7 Å². The van der Waals surface area contributed by atoms with E-state index in [1.807, 2.05) is 6.92 Å². The molecule has 0 unspecified atom stereocenters. The van der Waals surface area contributed by atoms with Crippen LogP contribution >= 0.6 is 0 Å². The van der Waals surface area contributed by atoms with Crippen LogP contribution in [0.4, 0.5) is 14.6 Å². The molecule has 1 amide bonds. The molecule has 1 aliphatic rings. The summed E-state index contributed by atoms with van der Waals surface area (Å²) in [7, 11) is 0. The third-order valence-electron chi connectivity index (χ3n) is 7.96. The van der Waals surface area contributed by atoms with Crippen molar-refractivity contribution in [3.8, 4) is 0 Å². The minimum Gasteiger partial charge on any atom is -0.394 e. The van der Waals surface area contributed by atoms with Crippen molar-refractivity contribution in [3.05, 3.63) is 81.0 Å². The Morgan fingerprint density at radius 3 is 1.85 bits per heavy atom. The van der Waals surface area contributed by atoms with Gasteiger partial charge in [0.25, 0.3) is 0 Å². The van der Waals surface area contributed by atoms with E-state index < -0.39 is 36.7 Å². The normalized spacial score (nSPS) is 20.6. The lowest BCUT2D eigenvalue weighted by atomic mass is 10.0. The average Bonchev–Trinajstić information content (AvgIpc) is 3.21. The third kappa shape index (κ3) is 13.3. The Bertz CT molecular complexity index is 1360. The van der Waals surface area contributed by atoms with Crippen molar-refractivity contribution in [2.75, 3.05) is 11.9 Å². The van der Waals surface area contributed by atoms with Crippen LogP contribution in [0.15, 0.2) is 75.3 Å². The molecule has 8 nitrogen and oxygen atoms in total. The molecule has 10 heteroatoms. The molecule has 1 fully saturated rings. The van der Waals surface area contributed by atoms with Gasteiger partial charge >= 0.3 is 11.6 Å². The van der Waals surface area contributed by atoms with Gasteiger partial charge in [-0.25, -0.2) is 4.79 Å². The summed E-state index contributed by atoms with van der Waals surface area (Å²) in [5, 5.41) is 21.3. The Balaban J connectivity index is 1.70. The minimum atomic E-state index is -3.81. The van der Waals surface area contributed by atoms with Gasteiger partial charge in [-0.1, -0.05) is 58.2 Å². The maximum absolute atomic E-state index is 14.4. The number of carbonyl (C=O) groups excluding carboxylic acids is 1. The summed E-state index contributed by atoms with van der Waals surface area (Å²) in [6.07, 6.45) is 15.5. The summed E-state index contributed by atoms with van der Waals surface area (Å²) in [4.78, 5) is 28.4. The number of rotatable bonds is 18. The number of halogens is 2. The van der Waals surface area contributed by atoms with Crippen LogP contribution in [0.2, 0.25) is 0 Å². The fraction of sp³-hybridized carbons (Fsp3) is 0.583. The number of carbonyl (C=O) groups is 1. The van der Waals surface area contributed by atoms with Crippen molar-refractivity contribution in [1.29, 1.82) is 0 Å². The number of amides is 1. The van der Waals surface area contributed by atoms with E-state index in [1.165, 1.54) is 28.4 Å². The Labute approximate surface area is 272 Å². The number of nitrogens with one attached hydrogen (secondary N) is 1. The molecule has 0 aromatic carbocycles. The molecular formula is C36H53F2N3O5. The van der Waals surface area contributed by atoms with Crippen LogP contribution in [0.25, 0.3) is 0 Å². The van der Waals surface area contributed by atoms with E-state index in [0.29, 0.717) is 11.0 Å². The number of allylic oxidation sites excluding steroid dienone is 10. The molecule has 1 aliphatic heterocycles. The number of hydrogen-bond acceptors (Lipinski definition) is 6. The summed E-state index contributed by atoms with van der Waals surface area (Å²) >= 11 is 0. The number of nitrogens with zero attached hydrogens (tertiary/aromatic N) is 2. The van der Waals surface area contributed by atoms with Gasteiger partial charge in [0, 0.05) is 12.6 Å². The molecule has 0 aliphatic carbocycles. The second-order valence-corrected chi connectivity index (χ2v) is 12.6.